The Morgan fingerprint density at radius 3 is 2.92 bits per heavy atom. The molecule has 1 aliphatic rings. The maximum absolute atomic E-state index is 13.9. The molecule has 0 N–H and O–H groups in total. The highest BCUT2D eigenvalue weighted by Gasteiger charge is 2.35. The number of halogens is 2. The van der Waals surface area contributed by atoms with Gasteiger partial charge >= 0.3 is 0 Å². The molecule has 0 radical (unpaired) electrons. The maximum Gasteiger partial charge on any atom is 0.290 e. The van der Waals surface area contributed by atoms with Gasteiger partial charge in [0.05, 0.1) is 11.8 Å². The van der Waals surface area contributed by atoms with E-state index in [1.165, 1.54) is 12.3 Å². The molecule has 0 bridgehead atoms. The molecule has 3 aromatic rings. The van der Waals surface area contributed by atoms with E-state index in [0.717, 1.165) is 18.6 Å². The van der Waals surface area contributed by atoms with Crippen molar-refractivity contribution in [2.45, 2.75) is 18.9 Å². The minimum absolute atomic E-state index is 0.0183. The Labute approximate surface area is 141 Å². The van der Waals surface area contributed by atoms with Crippen LogP contribution in [-0.2, 0) is 0 Å². The molecule has 0 unspecified atom stereocenters. The number of hydrogen-bond acceptors (Lipinski definition) is 5. The molecule has 4 rings (SSSR count). The van der Waals surface area contributed by atoms with Crippen LogP contribution in [0, 0.1) is 11.6 Å². The predicted molar refractivity (Wildman–Crippen MR) is 81.4 cm³/mol. The standard InChI is InChI=1S/C17H13F2N3O3/c18-10-5-6-11(12(19)9-10)15-20-16(25-21-15)13-3-1-7-22(13)17(23)14-4-2-8-24-14/h2,4-6,8-9,13H,1,3,7H2/t13-/m1/s1. The maximum atomic E-state index is 13.9. The Morgan fingerprint density at radius 1 is 1.28 bits per heavy atom. The lowest BCUT2D eigenvalue weighted by atomic mass is 10.2. The first kappa shape index (κ1) is 15.5. The van der Waals surface area contributed by atoms with Crippen molar-refractivity contribution in [1.29, 1.82) is 0 Å². The summed E-state index contributed by atoms with van der Waals surface area (Å²) < 4.78 is 37.3. The lowest BCUT2D eigenvalue weighted by molar-refractivity contribution is 0.0678. The lowest BCUT2D eigenvalue weighted by Crippen LogP contribution is -2.30. The largest absolute Gasteiger partial charge is 0.459 e. The van der Waals surface area contributed by atoms with Crippen molar-refractivity contribution >= 4 is 5.91 Å². The van der Waals surface area contributed by atoms with Crippen LogP contribution >= 0.6 is 0 Å². The van der Waals surface area contributed by atoms with E-state index in [9.17, 15) is 13.6 Å². The van der Waals surface area contributed by atoms with Crippen molar-refractivity contribution in [2.75, 3.05) is 6.54 Å². The van der Waals surface area contributed by atoms with Crippen LogP contribution in [0.3, 0.4) is 0 Å². The van der Waals surface area contributed by atoms with Crippen molar-refractivity contribution in [3.63, 3.8) is 0 Å². The molecule has 0 saturated carbocycles. The van der Waals surface area contributed by atoms with Crippen molar-refractivity contribution < 1.29 is 22.5 Å². The third-order valence-electron chi connectivity index (χ3n) is 4.14. The summed E-state index contributed by atoms with van der Waals surface area (Å²) in [6.07, 6.45) is 2.86. The fraction of sp³-hybridized carbons (Fsp3) is 0.235. The monoisotopic (exact) mass is 345 g/mol. The van der Waals surface area contributed by atoms with Gasteiger partial charge in [-0.1, -0.05) is 5.16 Å². The fourth-order valence-electron chi connectivity index (χ4n) is 2.96. The zero-order valence-electron chi connectivity index (χ0n) is 13.0. The smallest absolute Gasteiger partial charge is 0.290 e. The van der Waals surface area contributed by atoms with Crippen LogP contribution in [-0.4, -0.2) is 27.5 Å². The van der Waals surface area contributed by atoms with Gasteiger partial charge in [0.25, 0.3) is 5.91 Å². The van der Waals surface area contributed by atoms with Gasteiger partial charge in [-0.2, -0.15) is 4.98 Å². The van der Waals surface area contributed by atoms with E-state index in [1.54, 1.807) is 17.0 Å². The van der Waals surface area contributed by atoms with Gasteiger partial charge in [0.15, 0.2) is 5.76 Å². The van der Waals surface area contributed by atoms with Gasteiger partial charge < -0.3 is 13.8 Å². The summed E-state index contributed by atoms with van der Waals surface area (Å²) in [6, 6.07) is 5.96. The van der Waals surface area contributed by atoms with E-state index in [2.05, 4.69) is 10.1 Å². The number of furan rings is 1. The van der Waals surface area contributed by atoms with Crippen LogP contribution < -0.4 is 0 Å². The fourth-order valence-corrected chi connectivity index (χ4v) is 2.96. The normalized spacial score (nSPS) is 17.2. The second-order valence-corrected chi connectivity index (χ2v) is 5.71. The summed E-state index contributed by atoms with van der Waals surface area (Å²) in [5.74, 6) is -1.25. The van der Waals surface area contributed by atoms with Gasteiger partial charge in [0.2, 0.25) is 11.7 Å². The van der Waals surface area contributed by atoms with Crippen LogP contribution in [0.15, 0.2) is 45.5 Å². The van der Waals surface area contributed by atoms with Crippen molar-refractivity contribution in [1.82, 2.24) is 15.0 Å². The Kier molecular flexibility index (Phi) is 3.79. The minimum Gasteiger partial charge on any atom is -0.459 e. The quantitative estimate of drug-likeness (QED) is 0.725. The van der Waals surface area contributed by atoms with Crippen molar-refractivity contribution in [3.8, 4) is 11.4 Å². The summed E-state index contributed by atoms with van der Waals surface area (Å²) in [6.45, 7) is 0.535. The molecule has 0 aliphatic carbocycles. The zero-order valence-corrected chi connectivity index (χ0v) is 13.0. The van der Waals surface area contributed by atoms with Crippen LogP contribution in [0.25, 0.3) is 11.4 Å². The van der Waals surface area contributed by atoms with E-state index >= 15 is 0 Å². The molecule has 1 aromatic carbocycles. The molecule has 3 heterocycles. The summed E-state index contributed by atoms with van der Waals surface area (Å²) in [4.78, 5) is 18.3. The SMILES string of the molecule is O=C(c1ccco1)N1CCC[C@@H]1c1nc(-c2ccc(F)cc2F)no1. The molecule has 1 aliphatic heterocycles. The number of carbonyl (C=O) groups is 1. The highest BCUT2D eigenvalue weighted by atomic mass is 19.1. The number of nitrogens with zero attached hydrogens (tertiary/aromatic N) is 3. The molecule has 0 spiro atoms. The highest BCUT2D eigenvalue weighted by Crippen LogP contribution is 2.33. The van der Waals surface area contributed by atoms with E-state index < -0.39 is 17.7 Å². The van der Waals surface area contributed by atoms with Gasteiger partial charge in [0, 0.05) is 12.6 Å². The van der Waals surface area contributed by atoms with Gasteiger partial charge in [-0.15, -0.1) is 0 Å². The summed E-state index contributed by atoms with van der Waals surface area (Å²) in [7, 11) is 0. The number of hydrogen-bond donors (Lipinski definition) is 0. The number of rotatable bonds is 3. The van der Waals surface area contributed by atoms with E-state index in [1.807, 2.05) is 0 Å². The first-order valence-corrected chi connectivity index (χ1v) is 7.77. The molecule has 2 aromatic heterocycles. The van der Waals surface area contributed by atoms with Crippen LogP contribution in [0.4, 0.5) is 8.78 Å². The lowest BCUT2D eigenvalue weighted by Gasteiger charge is -2.20. The van der Waals surface area contributed by atoms with Crippen molar-refractivity contribution in [3.05, 3.63) is 59.9 Å². The van der Waals surface area contributed by atoms with Gasteiger partial charge in [-0.25, -0.2) is 8.78 Å². The zero-order chi connectivity index (χ0) is 17.4. The molecule has 128 valence electrons. The molecule has 8 heteroatoms. The summed E-state index contributed by atoms with van der Waals surface area (Å²) in [5, 5.41) is 3.77. The highest BCUT2D eigenvalue weighted by molar-refractivity contribution is 5.91. The molecule has 1 amide bonds. The summed E-state index contributed by atoms with van der Waals surface area (Å²) in [5.41, 5.74) is 0.0401. The number of amides is 1. The van der Waals surface area contributed by atoms with Gasteiger partial charge in [-0.3, -0.25) is 4.79 Å². The molecular weight excluding hydrogens is 332 g/mol. The molecule has 1 saturated heterocycles. The van der Waals surface area contributed by atoms with Gasteiger partial charge in [-0.05, 0) is 37.1 Å². The summed E-state index contributed by atoms with van der Waals surface area (Å²) >= 11 is 0. The molecule has 6 nitrogen and oxygen atoms in total. The minimum atomic E-state index is -0.776. The Balaban J connectivity index is 1.62. The topological polar surface area (TPSA) is 72.4 Å². The third-order valence-corrected chi connectivity index (χ3v) is 4.14. The molecule has 25 heavy (non-hydrogen) atoms. The number of aromatic nitrogens is 2. The van der Waals surface area contributed by atoms with E-state index in [-0.39, 0.29) is 28.9 Å². The average molecular weight is 345 g/mol. The number of likely N-dealkylation sites (tertiary alicyclic amines) is 1. The second-order valence-electron chi connectivity index (χ2n) is 5.71. The predicted octanol–water partition coefficient (Wildman–Crippen LogP) is 3.59. The van der Waals surface area contributed by atoms with Gasteiger partial charge in [0.1, 0.15) is 17.7 Å². The molecule has 1 fully saturated rings. The second kappa shape index (κ2) is 6.12. The molecule has 1 atom stereocenters. The van der Waals surface area contributed by atoms with Crippen LogP contribution in [0.5, 0.6) is 0 Å². The van der Waals surface area contributed by atoms with E-state index in [0.29, 0.717) is 13.0 Å². The Bertz CT molecular complexity index is 908. The van der Waals surface area contributed by atoms with E-state index in [4.69, 9.17) is 8.94 Å². The molecular formula is C17H13F2N3O3. The van der Waals surface area contributed by atoms with Crippen molar-refractivity contribution in [2.24, 2.45) is 0 Å². The average Bonchev–Trinajstić information content (AvgIpc) is 3.34. The first-order chi connectivity index (χ1) is 12.1. The number of carbonyl (C=O) groups excluding carboxylic acids is 1. The van der Waals surface area contributed by atoms with Crippen LogP contribution in [0.2, 0.25) is 0 Å². The van der Waals surface area contributed by atoms with Crippen LogP contribution in [0.1, 0.15) is 35.3 Å². The number of benzene rings is 1. The first-order valence-electron chi connectivity index (χ1n) is 7.77. The third kappa shape index (κ3) is 2.79. The Hall–Kier alpha value is -3.03. The Morgan fingerprint density at radius 2 is 2.16 bits per heavy atom.